The maximum Gasteiger partial charge on any atom is 0.184 e. The summed E-state index contributed by atoms with van der Waals surface area (Å²) in [6.45, 7) is 6.78. The third-order valence-electron chi connectivity index (χ3n) is 3.21. The molecule has 19 heavy (non-hydrogen) atoms. The molecule has 106 valence electrons. The van der Waals surface area contributed by atoms with E-state index in [1.807, 2.05) is 0 Å². The monoisotopic (exact) mass is 390 g/mol. The molecule has 1 saturated carbocycles. The molecule has 2 atom stereocenters. The molecule has 1 aromatic carbocycles. The molecule has 0 radical (unpaired) electrons. The van der Waals surface area contributed by atoms with Gasteiger partial charge in [0.05, 0.1) is 0 Å². The number of hydrogen-bond acceptors (Lipinski definition) is 2. The van der Waals surface area contributed by atoms with Crippen LogP contribution in [0.2, 0.25) is 19.6 Å². The summed E-state index contributed by atoms with van der Waals surface area (Å²) in [5.74, 6) is 0.985. The Bertz CT molecular complexity index is 400. The molecular weight excluding hydrogens is 367 g/mol. The molecule has 1 aliphatic carbocycles. The van der Waals surface area contributed by atoms with E-state index in [1.54, 1.807) is 0 Å². The lowest BCUT2D eigenvalue weighted by Gasteiger charge is -2.33. The number of ether oxygens (including phenoxy) is 1. The number of benzene rings is 1. The zero-order valence-corrected chi connectivity index (χ0v) is 15.1. The predicted octanol–water partition coefficient (Wildman–Crippen LogP) is 4.83. The second kappa shape index (κ2) is 6.59. The first kappa shape index (κ1) is 15.3. The standard InChI is InChI=1S/C15H23IO2Si/c1-19(2,3)18-15-6-4-5-14(11-15)17-13-9-7-12(16)8-10-13/h7-10,14-15H,4-6,11H2,1-3H3/t14-,15+/m1/s1. The molecule has 0 aliphatic heterocycles. The first-order valence-electron chi connectivity index (χ1n) is 7.02. The fourth-order valence-electron chi connectivity index (χ4n) is 2.52. The topological polar surface area (TPSA) is 18.5 Å². The Morgan fingerprint density at radius 1 is 1.05 bits per heavy atom. The van der Waals surface area contributed by atoms with Crippen molar-refractivity contribution in [1.82, 2.24) is 0 Å². The molecule has 2 nitrogen and oxygen atoms in total. The van der Waals surface area contributed by atoms with Crippen LogP contribution in [-0.2, 0) is 4.43 Å². The Hall–Kier alpha value is -0.0731. The van der Waals surface area contributed by atoms with E-state index in [0.717, 1.165) is 18.6 Å². The molecule has 0 spiro atoms. The van der Waals surface area contributed by atoms with Crippen molar-refractivity contribution in [3.8, 4) is 5.75 Å². The van der Waals surface area contributed by atoms with Gasteiger partial charge >= 0.3 is 0 Å². The van der Waals surface area contributed by atoms with Gasteiger partial charge in [-0.1, -0.05) is 0 Å². The van der Waals surface area contributed by atoms with E-state index in [1.165, 1.54) is 16.4 Å². The number of rotatable bonds is 4. The zero-order chi connectivity index (χ0) is 13.9. The Morgan fingerprint density at radius 3 is 2.32 bits per heavy atom. The van der Waals surface area contributed by atoms with Crippen molar-refractivity contribution in [1.29, 1.82) is 0 Å². The molecule has 1 aromatic rings. The molecule has 0 heterocycles. The Labute approximate surface area is 131 Å². The van der Waals surface area contributed by atoms with Crippen molar-refractivity contribution in [2.45, 2.75) is 57.5 Å². The molecule has 0 N–H and O–H groups in total. The quantitative estimate of drug-likeness (QED) is 0.542. The fraction of sp³-hybridized carbons (Fsp3) is 0.600. The normalized spacial score (nSPS) is 24.2. The molecule has 1 aliphatic rings. The second-order valence-corrected chi connectivity index (χ2v) is 11.9. The van der Waals surface area contributed by atoms with Gasteiger partial charge in [0.1, 0.15) is 11.9 Å². The number of hydrogen-bond donors (Lipinski definition) is 0. The molecule has 4 heteroatoms. The van der Waals surface area contributed by atoms with Crippen molar-refractivity contribution in [2.24, 2.45) is 0 Å². The van der Waals surface area contributed by atoms with Crippen LogP contribution in [0.1, 0.15) is 25.7 Å². The summed E-state index contributed by atoms with van der Waals surface area (Å²) < 4.78 is 13.6. The van der Waals surface area contributed by atoms with Crippen LogP contribution >= 0.6 is 22.6 Å². The molecule has 0 unspecified atom stereocenters. The minimum absolute atomic E-state index is 0.315. The van der Waals surface area contributed by atoms with E-state index in [9.17, 15) is 0 Å². The summed E-state index contributed by atoms with van der Waals surface area (Å²) in [4.78, 5) is 0. The van der Waals surface area contributed by atoms with Gasteiger partial charge in [-0.25, -0.2) is 0 Å². The van der Waals surface area contributed by atoms with Gasteiger partial charge in [-0.2, -0.15) is 0 Å². The molecule has 0 aromatic heterocycles. The summed E-state index contributed by atoms with van der Waals surface area (Å²) in [6.07, 6.45) is 5.30. The Kier molecular flexibility index (Phi) is 5.31. The summed E-state index contributed by atoms with van der Waals surface area (Å²) in [5.41, 5.74) is 0. The van der Waals surface area contributed by atoms with Crippen LogP contribution in [-0.4, -0.2) is 20.5 Å². The highest BCUT2D eigenvalue weighted by Gasteiger charge is 2.28. The highest BCUT2D eigenvalue weighted by molar-refractivity contribution is 14.1. The van der Waals surface area contributed by atoms with Crippen molar-refractivity contribution >= 4 is 30.9 Å². The van der Waals surface area contributed by atoms with E-state index >= 15 is 0 Å². The first-order valence-corrected chi connectivity index (χ1v) is 11.5. The van der Waals surface area contributed by atoms with E-state index in [-0.39, 0.29) is 0 Å². The van der Waals surface area contributed by atoms with Gasteiger partial charge in [-0.3, -0.25) is 0 Å². The van der Waals surface area contributed by atoms with E-state index < -0.39 is 8.32 Å². The summed E-state index contributed by atoms with van der Waals surface area (Å²) >= 11 is 2.31. The van der Waals surface area contributed by atoms with Crippen LogP contribution in [0.15, 0.2) is 24.3 Å². The van der Waals surface area contributed by atoms with E-state index in [2.05, 4.69) is 66.5 Å². The van der Waals surface area contributed by atoms with E-state index in [4.69, 9.17) is 9.16 Å². The first-order chi connectivity index (χ1) is 8.92. The molecule has 0 amide bonds. The lowest BCUT2D eigenvalue weighted by atomic mass is 9.95. The molecular formula is C15H23IO2Si. The van der Waals surface area contributed by atoms with Gasteiger partial charge in [-0.15, -0.1) is 0 Å². The van der Waals surface area contributed by atoms with Crippen molar-refractivity contribution in [2.75, 3.05) is 0 Å². The zero-order valence-electron chi connectivity index (χ0n) is 12.0. The Morgan fingerprint density at radius 2 is 1.68 bits per heavy atom. The van der Waals surface area contributed by atoms with Gasteiger partial charge < -0.3 is 9.16 Å². The van der Waals surface area contributed by atoms with Gasteiger partial charge in [-0.05, 0) is 85.8 Å². The summed E-state index contributed by atoms with van der Waals surface area (Å²) in [5, 5.41) is 0. The lowest BCUT2D eigenvalue weighted by Crippen LogP contribution is -2.37. The largest absolute Gasteiger partial charge is 0.490 e. The summed E-state index contributed by atoms with van der Waals surface area (Å²) in [7, 11) is -1.43. The Balaban J connectivity index is 1.89. The second-order valence-electron chi connectivity index (χ2n) is 6.21. The minimum atomic E-state index is -1.43. The molecule has 2 rings (SSSR count). The maximum absolute atomic E-state index is 6.22. The highest BCUT2D eigenvalue weighted by atomic mass is 127. The van der Waals surface area contributed by atoms with Crippen LogP contribution in [0.4, 0.5) is 0 Å². The average Bonchev–Trinajstić information content (AvgIpc) is 2.30. The van der Waals surface area contributed by atoms with Crippen LogP contribution in [0, 0.1) is 3.57 Å². The number of halogens is 1. The lowest BCUT2D eigenvalue weighted by molar-refractivity contribution is 0.0640. The van der Waals surface area contributed by atoms with Crippen LogP contribution in [0.5, 0.6) is 5.75 Å². The molecule has 1 fully saturated rings. The highest BCUT2D eigenvalue weighted by Crippen LogP contribution is 2.27. The van der Waals surface area contributed by atoms with Gasteiger partial charge in [0, 0.05) is 16.1 Å². The van der Waals surface area contributed by atoms with Crippen molar-refractivity contribution in [3.63, 3.8) is 0 Å². The molecule has 0 saturated heterocycles. The van der Waals surface area contributed by atoms with Crippen molar-refractivity contribution in [3.05, 3.63) is 27.8 Å². The smallest absolute Gasteiger partial charge is 0.184 e. The summed E-state index contributed by atoms with van der Waals surface area (Å²) in [6, 6.07) is 8.30. The van der Waals surface area contributed by atoms with Crippen LogP contribution < -0.4 is 4.74 Å². The van der Waals surface area contributed by atoms with Crippen LogP contribution in [0.3, 0.4) is 0 Å². The minimum Gasteiger partial charge on any atom is -0.490 e. The van der Waals surface area contributed by atoms with Gasteiger partial charge in [0.2, 0.25) is 0 Å². The van der Waals surface area contributed by atoms with Gasteiger partial charge in [0.15, 0.2) is 8.32 Å². The third-order valence-corrected chi connectivity index (χ3v) is 4.97. The SMILES string of the molecule is C[Si](C)(C)O[C@H]1CCC[C@@H](Oc2ccc(I)cc2)C1. The maximum atomic E-state index is 6.22. The van der Waals surface area contributed by atoms with Gasteiger partial charge in [0.25, 0.3) is 0 Å². The fourth-order valence-corrected chi connectivity index (χ4v) is 4.10. The predicted molar refractivity (Wildman–Crippen MR) is 90.3 cm³/mol. The third kappa shape index (κ3) is 5.43. The van der Waals surface area contributed by atoms with Crippen molar-refractivity contribution < 1.29 is 9.16 Å². The molecule has 0 bridgehead atoms. The van der Waals surface area contributed by atoms with E-state index in [0.29, 0.717) is 12.2 Å². The average molecular weight is 390 g/mol. The van der Waals surface area contributed by atoms with Crippen LogP contribution in [0.25, 0.3) is 0 Å².